The van der Waals surface area contributed by atoms with Crippen LogP contribution in [0, 0.1) is 0 Å². The quantitative estimate of drug-likeness (QED) is 0.297. The van der Waals surface area contributed by atoms with E-state index in [1.54, 1.807) is 18.3 Å². The third-order valence-corrected chi connectivity index (χ3v) is 5.42. The van der Waals surface area contributed by atoms with Crippen LogP contribution in [0.15, 0.2) is 108 Å². The maximum absolute atomic E-state index is 11.9. The summed E-state index contributed by atoms with van der Waals surface area (Å²) in [5.74, 6) is -0.314. The number of benzene rings is 3. The molecule has 5 aromatic rings. The number of hydrogen-bond donors (Lipinski definition) is 2. The summed E-state index contributed by atoms with van der Waals surface area (Å²) in [5.41, 5.74) is 3.29. The van der Waals surface area contributed by atoms with E-state index in [-0.39, 0.29) is 5.70 Å². The van der Waals surface area contributed by atoms with Crippen LogP contribution in [0.25, 0.3) is 28.1 Å². The van der Waals surface area contributed by atoms with Gasteiger partial charge >= 0.3 is 5.97 Å². The van der Waals surface area contributed by atoms with Crippen LogP contribution in [0.2, 0.25) is 0 Å². The molecule has 0 spiro atoms. The molecule has 3 aromatic carbocycles. The first-order valence-electron chi connectivity index (χ1n) is 10.8. The van der Waals surface area contributed by atoms with Gasteiger partial charge in [-0.05, 0) is 34.5 Å². The Morgan fingerprint density at radius 1 is 0.941 bits per heavy atom. The van der Waals surface area contributed by atoms with Gasteiger partial charge in [-0.15, -0.1) is 0 Å². The van der Waals surface area contributed by atoms with E-state index in [1.807, 2.05) is 48.5 Å². The number of fused-ring (bicyclic) bond motifs is 1. The van der Waals surface area contributed by atoms with Gasteiger partial charge in [0.15, 0.2) is 5.82 Å². The van der Waals surface area contributed by atoms with Crippen LogP contribution < -0.4 is 5.32 Å². The number of aliphatic carboxylic acids is 1. The van der Waals surface area contributed by atoms with E-state index in [0.717, 1.165) is 21.9 Å². The Kier molecular flexibility index (Phi) is 5.86. The summed E-state index contributed by atoms with van der Waals surface area (Å²) < 4.78 is 5.27. The molecule has 2 aromatic heterocycles. The lowest BCUT2D eigenvalue weighted by atomic mass is 10.0. The Labute approximate surface area is 196 Å². The molecule has 166 valence electrons. The zero-order valence-electron chi connectivity index (χ0n) is 18.2. The third kappa shape index (κ3) is 4.71. The number of furan rings is 1. The number of rotatable bonds is 7. The Hall–Kier alpha value is -4.71. The number of hydrogen-bond acceptors (Lipinski definition) is 5. The van der Waals surface area contributed by atoms with Crippen LogP contribution in [-0.2, 0) is 11.2 Å². The molecule has 0 aliphatic rings. The number of carboxylic acids is 1. The molecule has 0 saturated carbocycles. The van der Waals surface area contributed by atoms with E-state index in [4.69, 9.17) is 9.40 Å². The van der Waals surface area contributed by atoms with Gasteiger partial charge in [-0.25, -0.2) is 14.8 Å². The minimum absolute atomic E-state index is 0.0583. The molecule has 0 fully saturated rings. The molecule has 0 atom stereocenters. The van der Waals surface area contributed by atoms with Gasteiger partial charge in [0, 0.05) is 18.1 Å². The average Bonchev–Trinajstić information content (AvgIpc) is 3.38. The minimum atomic E-state index is -1.12. The summed E-state index contributed by atoms with van der Waals surface area (Å²) in [6.45, 7) is 0. The molecule has 0 amide bonds. The smallest absolute Gasteiger partial charge is 0.352 e. The normalized spacial score (nSPS) is 11.5. The second kappa shape index (κ2) is 9.42. The van der Waals surface area contributed by atoms with Gasteiger partial charge in [0.2, 0.25) is 0 Å². The molecule has 34 heavy (non-hydrogen) atoms. The fourth-order valence-corrected chi connectivity index (χ4v) is 3.73. The topological polar surface area (TPSA) is 88.2 Å². The number of anilines is 1. The summed E-state index contributed by atoms with van der Waals surface area (Å²) in [7, 11) is 0. The number of carbonyl (C=O) groups is 1. The van der Waals surface area contributed by atoms with Crippen LogP contribution in [0.5, 0.6) is 0 Å². The Morgan fingerprint density at radius 2 is 1.74 bits per heavy atom. The summed E-state index contributed by atoms with van der Waals surface area (Å²) >= 11 is 0. The van der Waals surface area contributed by atoms with Crippen molar-refractivity contribution in [3.05, 3.63) is 120 Å². The molecule has 0 saturated heterocycles. The first-order valence-corrected chi connectivity index (χ1v) is 10.8. The molecule has 0 bridgehead atoms. The zero-order chi connectivity index (χ0) is 23.3. The lowest BCUT2D eigenvalue weighted by molar-refractivity contribution is -0.132. The number of nitrogens with zero attached hydrogens (tertiary/aromatic N) is 2. The average molecular weight is 447 g/mol. The third-order valence-electron chi connectivity index (χ3n) is 5.42. The first kappa shape index (κ1) is 21.2. The van der Waals surface area contributed by atoms with E-state index in [0.29, 0.717) is 29.4 Å². The lowest BCUT2D eigenvalue weighted by Gasteiger charge is -2.13. The molecule has 2 heterocycles. The molecule has 0 radical (unpaired) electrons. The molecule has 6 nitrogen and oxygen atoms in total. The van der Waals surface area contributed by atoms with Crippen molar-refractivity contribution in [3.8, 4) is 11.3 Å². The molecule has 0 aliphatic carbocycles. The van der Waals surface area contributed by atoms with Gasteiger partial charge in [0.25, 0.3) is 0 Å². The molecule has 0 unspecified atom stereocenters. The van der Waals surface area contributed by atoms with Crippen molar-refractivity contribution in [2.75, 3.05) is 5.32 Å². The van der Waals surface area contributed by atoms with E-state index in [9.17, 15) is 9.90 Å². The van der Waals surface area contributed by atoms with Crippen molar-refractivity contribution in [1.82, 2.24) is 9.97 Å². The highest BCUT2D eigenvalue weighted by Crippen LogP contribution is 2.26. The monoisotopic (exact) mass is 447 g/mol. The van der Waals surface area contributed by atoms with Crippen molar-refractivity contribution in [2.24, 2.45) is 0 Å². The van der Waals surface area contributed by atoms with Crippen LogP contribution >= 0.6 is 0 Å². The highest BCUT2D eigenvalue weighted by atomic mass is 16.4. The highest BCUT2D eigenvalue weighted by Gasteiger charge is 2.15. The van der Waals surface area contributed by atoms with Crippen LogP contribution in [0.3, 0.4) is 0 Å². The molecule has 2 N–H and O–H groups in total. The van der Waals surface area contributed by atoms with Gasteiger partial charge in [-0.2, -0.15) is 0 Å². The predicted octanol–water partition coefficient (Wildman–Crippen LogP) is 6.02. The van der Waals surface area contributed by atoms with Crippen LogP contribution in [0.1, 0.15) is 17.0 Å². The summed E-state index contributed by atoms with van der Waals surface area (Å²) in [5, 5.41) is 14.9. The molecule has 5 rings (SSSR count). The largest absolute Gasteiger partial charge is 0.477 e. The van der Waals surface area contributed by atoms with E-state index in [1.165, 1.54) is 12.3 Å². The number of aromatic nitrogens is 2. The lowest BCUT2D eigenvalue weighted by Crippen LogP contribution is -2.14. The minimum Gasteiger partial charge on any atom is -0.477 e. The van der Waals surface area contributed by atoms with Gasteiger partial charge in [0.05, 0.1) is 23.8 Å². The molecule has 0 aliphatic heterocycles. The molecular weight excluding hydrogens is 426 g/mol. The predicted molar refractivity (Wildman–Crippen MR) is 132 cm³/mol. The fourth-order valence-electron chi connectivity index (χ4n) is 3.73. The fraction of sp³-hybridized carbons (Fsp3) is 0.0357. The molecular formula is C28H21N3O3. The first-order chi connectivity index (χ1) is 16.7. The Balaban J connectivity index is 1.55. The van der Waals surface area contributed by atoms with Crippen molar-refractivity contribution in [3.63, 3.8) is 0 Å². The van der Waals surface area contributed by atoms with Crippen molar-refractivity contribution in [2.45, 2.75) is 6.42 Å². The van der Waals surface area contributed by atoms with Crippen LogP contribution in [0.4, 0.5) is 5.82 Å². The van der Waals surface area contributed by atoms with E-state index < -0.39 is 5.97 Å². The second-order valence-corrected chi connectivity index (χ2v) is 7.78. The zero-order valence-corrected chi connectivity index (χ0v) is 18.2. The Bertz CT molecular complexity index is 1480. The number of carboxylic acid groups (broad SMARTS) is 1. The van der Waals surface area contributed by atoms with Gasteiger partial charge in [-0.1, -0.05) is 66.7 Å². The van der Waals surface area contributed by atoms with Crippen molar-refractivity contribution < 1.29 is 14.3 Å². The van der Waals surface area contributed by atoms with E-state index >= 15 is 0 Å². The van der Waals surface area contributed by atoms with E-state index in [2.05, 4.69) is 34.6 Å². The van der Waals surface area contributed by atoms with Gasteiger partial charge < -0.3 is 14.8 Å². The Morgan fingerprint density at radius 3 is 2.50 bits per heavy atom. The molecule has 6 heteroatoms. The van der Waals surface area contributed by atoms with Crippen molar-refractivity contribution >= 4 is 28.6 Å². The summed E-state index contributed by atoms with van der Waals surface area (Å²) in [4.78, 5) is 21.4. The summed E-state index contributed by atoms with van der Waals surface area (Å²) in [6, 6.07) is 27.6. The SMILES string of the molecule is O=C(O)C(=Cc1ccco1)Nc1ncc(-c2ccc3ccccc3c2)nc1Cc1ccccc1. The maximum atomic E-state index is 11.9. The number of nitrogens with one attached hydrogen (secondary N) is 1. The highest BCUT2D eigenvalue weighted by molar-refractivity contribution is 5.95. The second-order valence-electron chi connectivity index (χ2n) is 7.78. The van der Waals surface area contributed by atoms with Gasteiger partial charge in [0.1, 0.15) is 11.5 Å². The van der Waals surface area contributed by atoms with Gasteiger partial charge in [-0.3, -0.25) is 0 Å². The maximum Gasteiger partial charge on any atom is 0.352 e. The summed E-state index contributed by atoms with van der Waals surface area (Å²) in [6.07, 6.45) is 5.07. The standard InChI is InChI=1S/C28H21N3O3/c32-28(33)25(17-23-11-6-14-34-23)31-27-24(15-19-7-2-1-3-8-19)30-26(18-29-27)22-13-12-20-9-4-5-10-21(20)16-22/h1-14,16-18H,15H2,(H,29,31)(H,32,33). The van der Waals surface area contributed by atoms with Crippen LogP contribution in [-0.4, -0.2) is 21.0 Å². The van der Waals surface area contributed by atoms with Crippen molar-refractivity contribution in [1.29, 1.82) is 0 Å².